The van der Waals surface area contributed by atoms with Crippen LogP contribution in [0.2, 0.25) is 0 Å². The Morgan fingerprint density at radius 1 is 1.27 bits per heavy atom. The van der Waals surface area contributed by atoms with Crippen molar-refractivity contribution < 1.29 is 0 Å². The topological polar surface area (TPSA) is 0 Å². The van der Waals surface area contributed by atoms with Crippen LogP contribution in [-0.4, -0.2) is 0 Å². The minimum atomic E-state index is 0.690. The van der Waals surface area contributed by atoms with Gasteiger partial charge in [-0.25, -0.2) is 0 Å². The SMILES string of the molecule is CC1=CCC(Cc2cccc(C)c2)C=C1. The molecule has 1 aromatic carbocycles. The molecule has 1 aliphatic carbocycles. The highest BCUT2D eigenvalue weighted by molar-refractivity contribution is 5.26. The van der Waals surface area contributed by atoms with Gasteiger partial charge in [-0.15, -0.1) is 0 Å². The molecule has 0 saturated carbocycles. The van der Waals surface area contributed by atoms with Crippen LogP contribution in [0, 0.1) is 12.8 Å². The number of hydrogen-bond donors (Lipinski definition) is 0. The van der Waals surface area contributed by atoms with Crippen LogP contribution in [0.25, 0.3) is 0 Å². The van der Waals surface area contributed by atoms with E-state index in [1.807, 2.05) is 0 Å². The molecule has 0 aliphatic heterocycles. The monoisotopic (exact) mass is 198 g/mol. The van der Waals surface area contributed by atoms with Gasteiger partial charge in [0.15, 0.2) is 0 Å². The zero-order valence-corrected chi connectivity index (χ0v) is 9.53. The van der Waals surface area contributed by atoms with Gasteiger partial charge in [-0.05, 0) is 38.2 Å². The molecule has 0 aromatic heterocycles. The van der Waals surface area contributed by atoms with E-state index in [2.05, 4.69) is 56.3 Å². The van der Waals surface area contributed by atoms with Crippen LogP contribution in [-0.2, 0) is 6.42 Å². The van der Waals surface area contributed by atoms with Crippen molar-refractivity contribution in [2.75, 3.05) is 0 Å². The number of rotatable bonds is 2. The summed E-state index contributed by atoms with van der Waals surface area (Å²) in [4.78, 5) is 0. The maximum atomic E-state index is 2.34. The Balaban J connectivity index is 2.02. The van der Waals surface area contributed by atoms with Gasteiger partial charge in [-0.3, -0.25) is 0 Å². The molecule has 0 spiro atoms. The van der Waals surface area contributed by atoms with Crippen LogP contribution >= 0.6 is 0 Å². The van der Waals surface area contributed by atoms with Crippen molar-refractivity contribution in [2.45, 2.75) is 26.7 Å². The van der Waals surface area contributed by atoms with Gasteiger partial charge in [0.25, 0.3) is 0 Å². The van der Waals surface area contributed by atoms with Gasteiger partial charge in [0.1, 0.15) is 0 Å². The maximum absolute atomic E-state index is 2.34. The third kappa shape index (κ3) is 2.82. The van der Waals surface area contributed by atoms with Crippen LogP contribution in [0.3, 0.4) is 0 Å². The zero-order chi connectivity index (χ0) is 10.7. The lowest BCUT2D eigenvalue weighted by atomic mass is 9.91. The van der Waals surface area contributed by atoms with Gasteiger partial charge < -0.3 is 0 Å². The van der Waals surface area contributed by atoms with Crippen molar-refractivity contribution >= 4 is 0 Å². The van der Waals surface area contributed by atoms with Gasteiger partial charge in [-0.2, -0.15) is 0 Å². The average Bonchev–Trinajstić information content (AvgIpc) is 2.22. The molecule has 78 valence electrons. The fraction of sp³-hybridized carbons (Fsp3) is 0.333. The van der Waals surface area contributed by atoms with E-state index in [1.165, 1.54) is 29.5 Å². The molecule has 0 heteroatoms. The molecule has 15 heavy (non-hydrogen) atoms. The van der Waals surface area contributed by atoms with Crippen LogP contribution in [0.5, 0.6) is 0 Å². The summed E-state index contributed by atoms with van der Waals surface area (Å²) in [7, 11) is 0. The summed E-state index contributed by atoms with van der Waals surface area (Å²) in [6, 6.07) is 8.83. The Kier molecular flexibility index (Phi) is 3.05. The molecular weight excluding hydrogens is 180 g/mol. The van der Waals surface area contributed by atoms with Gasteiger partial charge >= 0.3 is 0 Å². The Morgan fingerprint density at radius 3 is 2.80 bits per heavy atom. The molecule has 0 nitrogen and oxygen atoms in total. The molecule has 0 amide bonds. The first-order valence-corrected chi connectivity index (χ1v) is 5.64. The van der Waals surface area contributed by atoms with E-state index >= 15 is 0 Å². The van der Waals surface area contributed by atoms with E-state index in [0.29, 0.717) is 5.92 Å². The third-order valence-corrected chi connectivity index (χ3v) is 2.95. The predicted molar refractivity (Wildman–Crippen MR) is 65.9 cm³/mol. The minimum Gasteiger partial charge on any atom is -0.0810 e. The fourth-order valence-corrected chi connectivity index (χ4v) is 2.06. The lowest BCUT2D eigenvalue weighted by Crippen LogP contribution is -2.03. The second-order valence-electron chi connectivity index (χ2n) is 4.50. The molecule has 0 radical (unpaired) electrons. The van der Waals surface area contributed by atoms with E-state index in [1.54, 1.807) is 0 Å². The van der Waals surface area contributed by atoms with Crippen molar-refractivity contribution in [1.29, 1.82) is 0 Å². The van der Waals surface area contributed by atoms with Crippen molar-refractivity contribution in [1.82, 2.24) is 0 Å². The Bertz CT molecular complexity index is 396. The largest absolute Gasteiger partial charge is 0.0810 e. The van der Waals surface area contributed by atoms with Gasteiger partial charge in [0, 0.05) is 0 Å². The van der Waals surface area contributed by atoms with Gasteiger partial charge in [0.2, 0.25) is 0 Å². The lowest BCUT2D eigenvalue weighted by molar-refractivity contribution is 0.649. The third-order valence-electron chi connectivity index (χ3n) is 2.95. The van der Waals surface area contributed by atoms with E-state index < -0.39 is 0 Å². The summed E-state index contributed by atoms with van der Waals surface area (Å²) < 4.78 is 0. The lowest BCUT2D eigenvalue weighted by Gasteiger charge is -2.14. The highest BCUT2D eigenvalue weighted by Gasteiger charge is 2.07. The van der Waals surface area contributed by atoms with Gasteiger partial charge in [0.05, 0.1) is 0 Å². The van der Waals surface area contributed by atoms with Crippen LogP contribution < -0.4 is 0 Å². The van der Waals surface area contributed by atoms with Crippen LogP contribution in [0.15, 0.2) is 48.1 Å². The molecular formula is C15H18. The highest BCUT2D eigenvalue weighted by Crippen LogP contribution is 2.20. The Hall–Kier alpha value is -1.30. The maximum Gasteiger partial charge on any atom is -0.0155 e. The second-order valence-corrected chi connectivity index (χ2v) is 4.50. The summed E-state index contributed by atoms with van der Waals surface area (Å²) in [5.41, 5.74) is 4.21. The first-order valence-electron chi connectivity index (χ1n) is 5.64. The predicted octanol–water partition coefficient (Wildman–Crippen LogP) is 4.06. The van der Waals surface area contributed by atoms with Gasteiger partial charge in [-0.1, -0.05) is 53.6 Å². The molecule has 0 saturated heterocycles. The molecule has 1 atom stereocenters. The van der Waals surface area contributed by atoms with Crippen molar-refractivity contribution in [3.63, 3.8) is 0 Å². The molecule has 1 aliphatic rings. The number of hydrogen-bond acceptors (Lipinski definition) is 0. The molecule has 0 bridgehead atoms. The standard InChI is InChI=1S/C15H18/c1-12-6-8-14(9-7-12)11-15-5-3-4-13(2)10-15/h3-8,10,14H,9,11H2,1-2H3. The molecule has 0 N–H and O–H groups in total. The van der Waals surface area contributed by atoms with Crippen molar-refractivity contribution in [3.05, 3.63) is 59.2 Å². The molecule has 0 heterocycles. The smallest absolute Gasteiger partial charge is 0.0155 e. The summed E-state index contributed by atoms with van der Waals surface area (Å²) in [5, 5.41) is 0. The van der Waals surface area contributed by atoms with Crippen LogP contribution in [0.1, 0.15) is 24.5 Å². The first kappa shape index (κ1) is 10.2. The van der Waals surface area contributed by atoms with E-state index in [4.69, 9.17) is 0 Å². The Labute approximate surface area is 92.3 Å². The number of aryl methyl sites for hydroxylation is 1. The minimum absolute atomic E-state index is 0.690. The normalized spacial score (nSPS) is 20.1. The van der Waals surface area contributed by atoms with Crippen molar-refractivity contribution in [3.8, 4) is 0 Å². The quantitative estimate of drug-likeness (QED) is 0.672. The fourth-order valence-electron chi connectivity index (χ4n) is 2.06. The van der Waals surface area contributed by atoms with E-state index in [-0.39, 0.29) is 0 Å². The summed E-state index contributed by atoms with van der Waals surface area (Å²) in [6.07, 6.45) is 9.28. The number of allylic oxidation sites excluding steroid dienone is 4. The summed E-state index contributed by atoms with van der Waals surface area (Å²) >= 11 is 0. The number of benzene rings is 1. The first-order chi connectivity index (χ1) is 7.24. The highest BCUT2D eigenvalue weighted by atomic mass is 14.1. The van der Waals surface area contributed by atoms with Crippen LogP contribution in [0.4, 0.5) is 0 Å². The molecule has 2 rings (SSSR count). The van der Waals surface area contributed by atoms with E-state index in [0.717, 1.165) is 0 Å². The molecule has 1 aromatic rings. The summed E-state index contributed by atoms with van der Waals surface area (Å²) in [6.45, 7) is 4.32. The van der Waals surface area contributed by atoms with E-state index in [9.17, 15) is 0 Å². The van der Waals surface area contributed by atoms with Crippen molar-refractivity contribution in [2.24, 2.45) is 5.92 Å². The molecule has 1 unspecified atom stereocenters. The zero-order valence-electron chi connectivity index (χ0n) is 9.53. The summed E-state index contributed by atoms with van der Waals surface area (Å²) in [5.74, 6) is 0.690. The molecule has 0 fully saturated rings. The Morgan fingerprint density at radius 2 is 2.13 bits per heavy atom. The average molecular weight is 198 g/mol. The second kappa shape index (κ2) is 4.48.